The molecule has 1 saturated heterocycles. The minimum atomic E-state index is -1.86. The van der Waals surface area contributed by atoms with Gasteiger partial charge in [-0.05, 0) is 11.1 Å². The predicted octanol–water partition coefficient (Wildman–Crippen LogP) is 1.76. The van der Waals surface area contributed by atoms with E-state index in [4.69, 9.17) is 8.43 Å². The van der Waals surface area contributed by atoms with Gasteiger partial charge in [0.05, 0.1) is 4.66 Å². The van der Waals surface area contributed by atoms with E-state index in [1.54, 1.807) is 0 Å². The lowest BCUT2D eigenvalue weighted by Crippen LogP contribution is -2.44. The van der Waals surface area contributed by atoms with E-state index in [9.17, 15) is 4.57 Å². The van der Waals surface area contributed by atoms with Crippen LogP contribution < -0.4 is 0 Å². The van der Waals surface area contributed by atoms with Gasteiger partial charge in [-0.2, -0.15) is 8.43 Å². The second-order valence-corrected chi connectivity index (χ2v) is 11.1. The van der Waals surface area contributed by atoms with Gasteiger partial charge in [0.25, 0.3) is 19.5 Å². The van der Waals surface area contributed by atoms with E-state index in [0.29, 0.717) is 0 Å². The van der Waals surface area contributed by atoms with Crippen molar-refractivity contribution in [2.45, 2.75) is 4.66 Å². The van der Waals surface area contributed by atoms with Crippen LogP contribution in [0.3, 0.4) is 0 Å². The molecule has 0 bridgehead atoms. The van der Waals surface area contributed by atoms with Crippen LogP contribution in [0.1, 0.15) is 11.1 Å². The lowest BCUT2D eigenvalue weighted by atomic mass is 10.0. The third-order valence-electron chi connectivity index (χ3n) is 3.49. The first-order valence-electron chi connectivity index (χ1n) is 6.15. The van der Waals surface area contributed by atoms with Gasteiger partial charge in [0.2, 0.25) is 0 Å². The molecule has 19 heavy (non-hydrogen) atoms. The minimum Gasteiger partial charge on any atom is -0.183 e. The Hall–Kier alpha value is -1.11. The first-order chi connectivity index (χ1) is 9.31. The van der Waals surface area contributed by atoms with Crippen LogP contribution in [0.2, 0.25) is 0 Å². The highest BCUT2D eigenvalue weighted by atomic mass is 31.1. The normalized spacial score (nSPS) is 22.6. The minimum absolute atomic E-state index is 0.105. The van der Waals surface area contributed by atoms with E-state index >= 15 is 0 Å². The van der Waals surface area contributed by atoms with Crippen molar-refractivity contribution in [1.29, 1.82) is 0 Å². The summed E-state index contributed by atoms with van der Waals surface area (Å²) in [6.45, 7) is 0. The zero-order chi connectivity index (χ0) is 13.1. The summed E-state index contributed by atoms with van der Waals surface area (Å²) >= 11 is 0. The van der Waals surface area contributed by atoms with Crippen LogP contribution in [-0.4, -0.2) is 19.5 Å². The molecule has 2 aromatic carbocycles. The van der Waals surface area contributed by atoms with Crippen molar-refractivity contribution in [3.05, 3.63) is 71.8 Å². The number of hydrogen-bond acceptors (Lipinski definition) is 3. The monoisotopic (exact) mass is 305 g/mol. The van der Waals surface area contributed by atoms with Crippen molar-refractivity contribution in [3.8, 4) is 0 Å². The smallest absolute Gasteiger partial charge is 0.183 e. The summed E-state index contributed by atoms with van der Waals surface area (Å²) in [4.78, 5) is 0. The molecule has 0 amide bonds. The van der Waals surface area contributed by atoms with Gasteiger partial charge in [-0.3, -0.25) is 0 Å². The van der Waals surface area contributed by atoms with Gasteiger partial charge in [-0.1, -0.05) is 60.7 Å². The molecule has 1 aliphatic rings. The van der Waals surface area contributed by atoms with E-state index in [-0.39, 0.29) is 4.66 Å². The largest absolute Gasteiger partial charge is 0.671 e. The van der Waals surface area contributed by atoms with E-state index in [2.05, 4.69) is 24.3 Å². The Balaban J connectivity index is 2.09. The van der Waals surface area contributed by atoms with E-state index in [1.165, 1.54) is 11.1 Å². The molecule has 0 aromatic heterocycles. The molecule has 2 aromatic rings. The zero-order valence-electron chi connectivity index (χ0n) is 10.4. The van der Waals surface area contributed by atoms with Gasteiger partial charge in [0.15, 0.2) is 0 Å². The Kier molecular flexibility index (Phi) is 3.73. The maximum Gasteiger partial charge on any atom is 0.671 e. The summed E-state index contributed by atoms with van der Waals surface area (Å²) in [6, 6.07) is 20.7. The van der Waals surface area contributed by atoms with Crippen molar-refractivity contribution in [2.75, 3.05) is 0 Å². The molecule has 0 aliphatic carbocycles. The molecule has 0 atom stereocenters. The summed E-state index contributed by atoms with van der Waals surface area (Å²) in [5, 5.41) is 0. The molecule has 0 saturated carbocycles. The van der Waals surface area contributed by atoms with Gasteiger partial charge in [-0.15, -0.1) is 0 Å². The first kappa shape index (κ1) is 12.9. The maximum atomic E-state index is 11.4. The van der Waals surface area contributed by atoms with Crippen LogP contribution in [0.15, 0.2) is 60.7 Å². The van der Waals surface area contributed by atoms with Gasteiger partial charge in [0, 0.05) is 4.57 Å². The number of benzene rings is 2. The Labute approximate surface area is 117 Å². The molecule has 1 fully saturated rings. The average molecular weight is 305 g/mol. The van der Waals surface area contributed by atoms with Crippen LogP contribution in [0.5, 0.6) is 0 Å². The highest BCUT2D eigenvalue weighted by Gasteiger charge is 2.47. The molecular formula is C13H14O3PSi2+. The fraction of sp³-hybridized carbons (Fsp3) is 0.0769. The third kappa shape index (κ3) is 2.48. The third-order valence-corrected chi connectivity index (χ3v) is 10.0. The molecule has 3 rings (SSSR count). The highest BCUT2D eigenvalue weighted by Crippen LogP contribution is 2.40. The summed E-state index contributed by atoms with van der Waals surface area (Å²) in [7, 11) is -3.81. The molecule has 0 N–H and O–H groups in total. The molecule has 1 aliphatic heterocycles. The maximum absolute atomic E-state index is 11.4. The second-order valence-electron chi connectivity index (χ2n) is 4.58. The summed E-state index contributed by atoms with van der Waals surface area (Å²) in [5.41, 5.74) is 2.48. The van der Waals surface area contributed by atoms with Crippen LogP contribution in [-0.2, 0) is 17.7 Å². The van der Waals surface area contributed by atoms with Crippen molar-refractivity contribution in [1.82, 2.24) is 0 Å². The van der Waals surface area contributed by atoms with Crippen LogP contribution in [0.4, 0.5) is 0 Å². The summed E-state index contributed by atoms with van der Waals surface area (Å²) in [5.74, 6) is 0. The molecule has 6 heteroatoms. The zero-order valence-corrected chi connectivity index (χ0v) is 14.1. The van der Waals surface area contributed by atoms with Gasteiger partial charge < -0.3 is 0 Å². The fourth-order valence-corrected chi connectivity index (χ4v) is 9.58. The van der Waals surface area contributed by atoms with Crippen LogP contribution >= 0.6 is 8.25 Å². The molecule has 0 radical (unpaired) electrons. The lowest BCUT2D eigenvalue weighted by molar-refractivity contribution is 0.408. The summed E-state index contributed by atoms with van der Waals surface area (Å²) < 4.78 is 22.2. The van der Waals surface area contributed by atoms with Crippen LogP contribution in [0, 0.1) is 0 Å². The summed E-state index contributed by atoms with van der Waals surface area (Å²) in [6.07, 6.45) is 0. The van der Waals surface area contributed by atoms with E-state index in [0.717, 1.165) is 0 Å². The lowest BCUT2D eigenvalue weighted by Gasteiger charge is -2.31. The van der Waals surface area contributed by atoms with Gasteiger partial charge in [-0.25, -0.2) is 0 Å². The topological polar surface area (TPSA) is 35.5 Å². The fourth-order valence-electron chi connectivity index (χ4n) is 2.42. The van der Waals surface area contributed by atoms with E-state index in [1.807, 2.05) is 36.4 Å². The highest BCUT2D eigenvalue weighted by molar-refractivity contribution is 7.37. The first-order valence-corrected chi connectivity index (χ1v) is 9.82. The van der Waals surface area contributed by atoms with Crippen molar-refractivity contribution < 1.29 is 13.0 Å². The molecular weight excluding hydrogens is 291 g/mol. The van der Waals surface area contributed by atoms with Gasteiger partial charge in [0.1, 0.15) is 0 Å². The predicted molar refractivity (Wildman–Crippen MR) is 80.5 cm³/mol. The second kappa shape index (κ2) is 5.48. The molecule has 0 spiro atoms. The van der Waals surface area contributed by atoms with Gasteiger partial charge >= 0.3 is 8.25 Å². The SMILES string of the molecule is O=[P+]1O[SiH2]C(c2ccccc2)(c2ccccc2)[SiH2]O1. The van der Waals surface area contributed by atoms with Crippen LogP contribution in [0.25, 0.3) is 0 Å². The quantitative estimate of drug-likeness (QED) is 0.626. The Morgan fingerprint density at radius 1 is 0.789 bits per heavy atom. The molecule has 0 unspecified atom stereocenters. The number of rotatable bonds is 2. The molecule has 96 valence electrons. The van der Waals surface area contributed by atoms with Crippen molar-refractivity contribution >= 4 is 27.8 Å². The Morgan fingerprint density at radius 2 is 1.21 bits per heavy atom. The Bertz CT molecular complexity index is 525. The van der Waals surface area contributed by atoms with Crippen molar-refractivity contribution in [2.24, 2.45) is 0 Å². The molecule has 1 heterocycles. The molecule has 3 nitrogen and oxygen atoms in total. The Morgan fingerprint density at radius 3 is 1.63 bits per heavy atom. The average Bonchev–Trinajstić information content (AvgIpc) is 2.50. The van der Waals surface area contributed by atoms with E-state index < -0.39 is 27.8 Å². The standard InChI is InChI=1S/C13H14O3PSi2/c14-17-15-18-13(19-16-17,11-7-3-1-4-8-11)12-9-5-2-6-10-12/h1-10H,18-19H2/q+1. The number of hydrogen-bond donors (Lipinski definition) is 0. The van der Waals surface area contributed by atoms with Crippen molar-refractivity contribution in [3.63, 3.8) is 0 Å².